The van der Waals surface area contributed by atoms with Crippen molar-refractivity contribution in [2.45, 2.75) is 25.2 Å². The molecule has 38 heavy (non-hydrogen) atoms. The number of esters is 2. The predicted octanol–water partition coefficient (Wildman–Crippen LogP) is 1.85. The lowest BCUT2D eigenvalue weighted by Gasteiger charge is -2.51. The van der Waals surface area contributed by atoms with Gasteiger partial charge in [0.25, 0.3) is 11.3 Å². The number of para-hydroxylation sites is 2. The number of rotatable bonds is 6. The van der Waals surface area contributed by atoms with E-state index in [9.17, 15) is 19.2 Å². The third-order valence-corrected chi connectivity index (χ3v) is 7.58. The highest BCUT2D eigenvalue weighted by Crippen LogP contribution is 2.56. The zero-order valence-corrected chi connectivity index (χ0v) is 21.1. The largest absolute Gasteiger partial charge is 0.463 e. The van der Waals surface area contributed by atoms with Gasteiger partial charge >= 0.3 is 24.0 Å². The van der Waals surface area contributed by atoms with Crippen LogP contribution in [0.3, 0.4) is 0 Å². The second-order valence-corrected chi connectivity index (χ2v) is 9.38. The number of urea groups is 2. The normalized spacial score (nSPS) is 25.6. The van der Waals surface area contributed by atoms with Crippen LogP contribution >= 0.6 is 0 Å². The van der Waals surface area contributed by atoms with Crippen molar-refractivity contribution in [1.82, 2.24) is 19.6 Å². The molecule has 0 saturated carbocycles. The first-order valence-corrected chi connectivity index (χ1v) is 12.6. The van der Waals surface area contributed by atoms with Crippen LogP contribution in [0.5, 0.6) is 0 Å². The monoisotopic (exact) mass is 520 g/mol. The maximum absolute atomic E-state index is 14.2. The predicted molar refractivity (Wildman–Crippen MR) is 134 cm³/mol. The fourth-order valence-electron chi connectivity index (χ4n) is 6.11. The molecule has 4 heterocycles. The Kier molecular flexibility index (Phi) is 5.37. The van der Waals surface area contributed by atoms with Crippen LogP contribution in [0.4, 0.5) is 21.0 Å². The molecule has 2 aromatic rings. The average Bonchev–Trinajstić information content (AvgIpc) is 3.33. The number of anilines is 2. The number of carbonyl (C=O) groups is 4. The van der Waals surface area contributed by atoms with Gasteiger partial charge in [-0.05, 0) is 38.1 Å². The Balaban J connectivity index is 1.56. The Morgan fingerprint density at radius 3 is 1.24 bits per heavy atom. The molecule has 6 rings (SSSR count). The van der Waals surface area contributed by atoms with Crippen LogP contribution in [-0.2, 0) is 19.1 Å². The molecule has 0 radical (unpaired) electrons. The third kappa shape index (κ3) is 2.79. The highest BCUT2D eigenvalue weighted by Gasteiger charge is 2.89. The molecule has 4 saturated heterocycles. The number of carbonyl (C=O) groups excluding carboxylic acids is 4. The lowest BCUT2D eigenvalue weighted by molar-refractivity contribution is -0.194. The standard InChI is InChI=1S/C26H28N6O6/c1-3-37-21(33)25-26(22(34)38-4-2)31-17-28(20-13-9-6-10-14-20)18-32(26)24(36)30(25)16-27(15-29(25)23(31)35)19-11-7-5-8-12-19/h5-14H,3-4,15-18H2,1-2H3. The average molecular weight is 521 g/mol. The molecule has 2 aromatic carbocycles. The van der Waals surface area contributed by atoms with Gasteiger partial charge in [0.05, 0.1) is 39.9 Å². The molecule has 0 unspecified atom stereocenters. The molecule has 4 aliphatic heterocycles. The molecular formula is C26H28N6O6. The molecule has 0 aliphatic carbocycles. The maximum atomic E-state index is 14.2. The van der Waals surface area contributed by atoms with E-state index in [1.807, 2.05) is 70.5 Å². The minimum Gasteiger partial charge on any atom is -0.463 e. The summed E-state index contributed by atoms with van der Waals surface area (Å²) in [6, 6.07) is 17.4. The van der Waals surface area contributed by atoms with Crippen molar-refractivity contribution in [1.29, 1.82) is 0 Å². The summed E-state index contributed by atoms with van der Waals surface area (Å²) < 4.78 is 11.0. The minimum absolute atomic E-state index is 0.00207. The fourth-order valence-corrected chi connectivity index (χ4v) is 6.11. The van der Waals surface area contributed by atoms with E-state index in [-0.39, 0.29) is 39.9 Å². The van der Waals surface area contributed by atoms with Crippen LogP contribution < -0.4 is 9.80 Å². The zero-order valence-electron chi connectivity index (χ0n) is 21.1. The first-order chi connectivity index (χ1) is 18.4. The van der Waals surface area contributed by atoms with Gasteiger partial charge < -0.3 is 19.3 Å². The third-order valence-electron chi connectivity index (χ3n) is 7.58. The first kappa shape index (κ1) is 23.9. The minimum atomic E-state index is -2.06. The van der Waals surface area contributed by atoms with Crippen molar-refractivity contribution >= 4 is 35.4 Å². The molecule has 0 N–H and O–H groups in total. The van der Waals surface area contributed by atoms with E-state index in [0.29, 0.717) is 0 Å². The first-order valence-electron chi connectivity index (χ1n) is 12.6. The lowest BCUT2D eigenvalue weighted by atomic mass is 9.89. The van der Waals surface area contributed by atoms with Crippen molar-refractivity contribution in [3.63, 3.8) is 0 Å². The number of ether oxygens (including phenoxy) is 2. The Labute approximate surface area is 219 Å². The van der Waals surface area contributed by atoms with E-state index in [2.05, 4.69) is 0 Å². The van der Waals surface area contributed by atoms with Crippen molar-refractivity contribution < 1.29 is 28.7 Å². The summed E-state index contributed by atoms with van der Waals surface area (Å²) in [6.07, 6.45) is 0. The molecule has 4 aliphatic rings. The summed E-state index contributed by atoms with van der Waals surface area (Å²) in [6.45, 7) is 3.13. The van der Waals surface area contributed by atoms with Crippen LogP contribution in [0.25, 0.3) is 0 Å². The van der Waals surface area contributed by atoms with Crippen LogP contribution in [-0.4, -0.2) is 94.8 Å². The molecular weight excluding hydrogens is 492 g/mol. The number of hydrogen-bond acceptors (Lipinski definition) is 8. The second-order valence-electron chi connectivity index (χ2n) is 9.38. The number of hydrogen-bond donors (Lipinski definition) is 0. The molecule has 0 atom stereocenters. The van der Waals surface area contributed by atoms with Crippen molar-refractivity contribution in [2.24, 2.45) is 0 Å². The Morgan fingerprint density at radius 1 is 0.632 bits per heavy atom. The molecule has 198 valence electrons. The van der Waals surface area contributed by atoms with E-state index in [0.717, 1.165) is 11.4 Å². The van der Waals surface area contributed by atoms with Gasteiger partial charge in [0.2, 0.25) is 0 Å². The summed E-state index contributed by atoms with van der Waals surface area (Å²) in [4.78, 5) is 65.2. The van der Waals surface area contributed by atoms with Crippen LogP contribution in [0, 0.1) is 0 Å². The topological polar surface area (TPSA) is 106 Å². The smallest absolute Gasteiger partial charge is 0.359 e. The number of amides is 4. The molecule has 4 amide bonds. The van der Waals surface area contributed by atoms with Gasteiger partial charge in [0.15, 0.2) is 0 Å². The maximum Gasteiger partial charge on any atom is 0.359 e. The summed E-state index contributed by atoms with van der Waals surface area (Å²) in [5.41, 5.74) is -2.60. The fraction of sp³-hybridized carbons (Fsp3) is 0.385. The number of benzene rings is 2. The van der Waals surface area contributed by atoms with Crippen molar-refractivity contribution in [3.05, 3.63) is 60.7 Å². The highest BCUT2D eigenvalue weighted by atomic mass is 16.6. The van der Waals surface area contributed by atoms with E-state index >= 15 is 0 Å². The van der Waals surface area contributed by atoms with Gasteiger partial charge in [-0.2, -0.15) is 0 Å². The molecule has 0 aromatic heterocycles. The lowest BCUT2D eigenvalue weighted by Crippen LogP contribution is -2.80. The summed E-state index contributed by atoms with van der Waals surface area (Å²) in [5, 5.41) is 0. The van der Waals surface area contributed by atoms with Crippen LogP contribution in [0.2, 0.25) is 0 Å². The second kappa shape index (κ2) is 8.54. The van der Waals surface area contributed by atoms with Gasteiger partial charge in [0, 0.05) is 11.4 Å². The number of nitrogens with zero attached hydrogens (tertiary/aromatic N) is 6. The molecule has 12 nitrogen and oxygen atoms in total. The summed E-state index contributed by atoms with van der Waals surface area (Å²) >= 11 is 0. The van der Waals surface area contributed by atoms with Gasteiger partial charge in [-0.15, -0.1) is 0 Å². The summed E-state index contributed by atoms with van der Waals surface area (Å²) in [7, 11) is 0. The molecule has 0 bridgehead atoms. The van der Waals surface area contributed by atoms with Crippen LogP contribution in [0.1, 0.15) is 13.8 Å². The molecule has 0 spiro atoms. The molecule has 4 fully saturated rings. The van der Waals surface area contributed by atoms with Gasteiger partial charge in [0.1, 0.15) is 0 Å². The van der Waals surface area contributed by atoms with Crippen LogP contribution in [0.15, 0.2) is 60.7 Å². The SMILES string of the molecule is CCOC(=O)C12N3CN(c4ccccc4)CN1C(=O)N1CN(c4ccccc4)CN(C3=O)C12C(=O)OCC. The van der Waals surface area contributed by atoms with Crippen molar-refractivity contribution in [2.75, 3.05) is 49.7 Å². The van der Waals surface area contributed by atoms with E-state index in [1.54, 1.807) is 13.8 Å². The van der Waals surface area contributed by atoms with E-state index in [1.165, 1.54) is 19.6 Å². The summed E-state index contributed by atoms with van der Waals surface area (Å²) in [5.74, 6) is -1.69. The molecule has 12 heteroatoms. The van der Waals surface area contributed by atoms with Gasteiger partial charge in [-0.3, -0.25) is 19.6 Å². The van der Waals surface area contributed by atoms with Gasteiger partial charge in [-0.1, -0.05) is 36.4 Å². The van der Waals surface area contributed by atoms with E-state index < -0.39 is 35.3 Å². The Hall–Kier alpha value is -4.48. The van der Waals surface area contributed by atoms with E-state index in [4.69, 9.17) is 9.47 Å². The highest BCUT2D eigenvalue weighted by molar-refractivity contribution is 6.10. The Bertz CT molecular complexity index is 1160. The van der Waals surface area contributed by atoms with Gasteiger partial charge in [-0.25, -0.2) is 19.2 Å². The zero-order chi connectivity index (χ0) is 26.7. The Morgan fingerprint density at radius 2 is 0.947 bits per heavy atom. The van der Waals surface area contributed by atoms with Crippen molar-refractivity contribution in [3.8, 4) is 0 Å². The quantitative estimate of drug-likeness (QED) is 0.532.